The van der Waals surface area contributed by atoms with Crippen molar-refractivity contribution in [2.45, 2.75) is 0 Å². The summed E-state index contributed by atoms with van der Waals surface area (Å²) < 4.78 is 0. The first-order valence-electron chi connectivity index (χ1n) is 0. The van der Waals surface area contributed by atoms with Gasteiger partial charge in [-0.2, -0.15) is 0 Å². The second-order valence-electron chi connectivity index (χ2n) is 0. The van der Waals surface area contributed by atoms with Crippen LogP contribution < -0.4 is 0 Å². The normalized spacial score (nSPS) is 0. The smallest absolute Gasteiger partial charge is 0.870 e. The van der Waals surface area contributed by atoms with Crippen LogP contribution in [0.15, 0.2) is 0 Å². The van der Waals surface area contributed by atoms with Crippen molar-refractivity contribution in [1.82, 2.24) is 0 Å². The fourth-order valence-corrected chi connectivity index (χ4v) is 0. The largest absolute Gasteiger partial charge is 3.00 e. The van der Waals surface area contributed by atoms with Crippen LogP contribution in [-0.2, 0) is 0 Å². The van der Waals surface area contributed by atoms with E-state index in [-0.39, 0.29) is 53.3 Å². The number of hydrogen-bond donors (Lipinski definition) is 0. The summed E-state index contributed by atoms with van der Waals surface area (Å²) in [4.78, 5) is 0. The molecule has 0 spiro atoms. The summed E-state index contributed by atoms with van der Waals surface area (Å²) in [6, 6.07) is 0. The Balaban J connectivity index is 0. The van der Waals surface area contributed by atoms with Crippen molar-refractivity contribution in [3.63, 3.8) is 0 Å². The van der Waals surface area contributed by atoms with Crippen molar-refractivity contribution in [2.75, 3.05) is 0 Å². The van der Waals surface area contributed by atoms with Gasteiger partial charge in [-0.25, -0.2) is 0 Å². The predicted octanol–water partition coefficient (Wildman–Crippen LogP) is -0.530. The molecule has 0 aliphatic heterocycles. The van der Waals surface area contributed by atoms with Gasteiger partial charge in [0.2, 0.25) is 0 Å². The van der Waals surface area contributed by atoms with Gasteiger partial charge in [-0.1, -0.05) is 0 Å². The first kappa shape index (κ1) is 69.8. The van der Waals surface area contributed by atoms with Crippen molar-refractivity contribution >= 4 is 0 Å². The van der Waals surface area contributed by atoms with Crippen LogP contribution in [0.5, 0.6) is 0 Å². The Morgan fingerprint density at radius 1 is 0.500 bits per heavy atom. The van der Waals surface area contributed by atoms with Crippen LogP contribution in [0.1, 0.15) is 0 Å². The van der Waals surface area contributed by atoms with Crippen LogP contribution in [0.4, 0.5) is 0 Å². The van der Waals surface area contributed by atoms with Crippen molar-refractivity contribution in [2.24, 2.45) is 0 Å². The number of rotatable bonds is 0. The fourth-order valence-electron chi connectivity index (χ4n) is 0. The van der Waals surface area contributed by atoms with Gasteiger partial charge >= 0.3 is 36.9 Å². The van der Waals surface area contributed by atoms with E-state index in [1.54, 1.807) is 0 Å². The van der Waals surface area contributed by atoms with Gasteiger partial charge in [0.15, 0.2) is 0 Å². The maximum atomic E-state index is 0. The van der Waals surface area contributed by atoms with Crippen LogP contribution in [-0.4, -0.2) is 16.4 Å². The molecule has 0 rings (SSSR count). The molecule has 0 radical (unpaired) electrons. The van der Waals surface area contributed by atoms with Crippen molar-refractivity contribution in [3.05, 3.63) is 0 Å². The van der Waals surface area contributed by atoms with E-state index in [0.717, 1.165) is 0 Å². The molecule has 3 nitrogen and oxygen atoms in total. The Bertz CT molecular complexity index is 3.25. The van der Waals surface area contributed by atoms with E-state index in [9.17, 15) is 0 Å². The summed E-state index contributed by atoms with van der Waals surface area (Å²) in [5.41, 5.74) is 0. The summed E-state index contributed by atoms with van der Waals surface area (Å²) in [7, 11) is 0. The summed E-state index contributed by atoms with van der Waals surface area (Å²) in [5.74, 6) is 0. The molecule has 4 heteroatoms. The molecule has 0 fully saturated rings. The zero-order chi connectivity index (χ0) is 0. The summed E-state index contributed by atoms with van der Waals surface area (Å²) in [6.45, 7) is 0. The molecule has 0 heterocycles. The van der Waals surface area contributed by atoms with E-state index in [1.165, 1.54) is 0 Å². The summed E-state index contributed by atoms with van der Waals surface area (Å²) in [5, 5.41) is 0. The standard InChI is InChI=1S/3H2O.Tm/h3*1H2;/q;;;+3/p-3. The van der Waals surface area contributed by atoms with Crippen LogP contribution in [0.2, 0.25) is 0 Å². The molecule has 0 bridgehead atoms. The van der Waals surface area contributed by atoms with Crippen LogP contribution in [0.3, 0.4) is 0 Å². The second kappa shape index (κ2) is 32.2. The molecule has 0 amide bonds. The maximum Gasteiger partial charge on any atom is 3.00 e. The first-order chi connectivity index (χ1) is 0. The third-order valence-corrected chi connectivity index (χ3v) is 0. The van der Waals surface area contributed by atoms with Crippen LogP contribution in [0, 0.1) is 36.9 Å². The van der Waals surface area contributed by atoms with E-state index in [2.05, 4.69) is 0 Å². The minimum atomic E-state index is 0. The summed E-state index contributed by atoms with van der Waals surface area (Å²) >= 11 is 0. The Labute approximate surface area is 53.1 Å². The quantitative estimate of drug-likeness (QED) is 0.549. The predicted molar refractivity (Wildman–Crippen MR) is 5.81 cm³/mol. The van der Waals surface area contributed by atoms with Gasteiger partial charge in [0, 0.05) is 0 Å². The van der Waals surface area contributed by atoms with Gasteiger partial charge in [-0.05, 0) is 0 Å². The van der Waals surface area contributed by atoms with E-state index >= 15 is 0 Å². The van der Waals surface area contributed by atoms with Gasteiger partial charge in [0.05, 0.1) is 0 Å². The zero-order valence-corrected chi connectivity index (χ0v) is 3.40. The van der Waals surface area contributed by atoms with Gasteiger partial charge in [0.25, 0.3) is 0 Å². The van der Waals surface area contributed by atoms with E-state index < -0.39 is 0 Å². The third kappa shape index (κ3) is 11.2. The minimum Gasteiger partial charge on any atom is -0.870 e. The molecule has 0 aromatic carbocycles. The SMILES string of the molecule is [OH-].[OH-].[OH-].[Tm+3]. The van der Waals surface area contributed by atoms with Gasteiger partial charge in [-0.15, -0.1) is 0 Å². The maximum absolute atomic E-state index is 0. The first-order valence-corrected chi connectivity index (χ1v) is 0. The molecular weight excluding hydrogens is 217 g/mol. The van der Waals surface area contributed by atoms with Gasteiger partial charge in [-0.3, -0.25) is 0 Å². The fraction of sp³-hybridized carbons (Fsp3) is 0. The minimum absolute atomic E-state index is 0. The van der Waals surface area contributed by atoms with E-state index in [0.29, 0.717) is 0 Å². The molecule has 4 heavy (non-hydrogen) atoms. The van der Waals surface area contributed by atoms with Crippen molar-refractivity contribution < 1.29 is 53.3 Å². The molecule has 0 aliphatic rings. The van der Waals surface area contributed by atoms with Gasteiger partial charge in [0.1, 0.15) is 0 Å². The molecule has 0 aromatic heterocycles. The molecule has 0 aromatic rings. The topological polar surface area (TPSA) is 90.0 Å². The number of hydrogen-bond acceptors (Lipinski definition) is 3. The molecule has 0 saturated carbocycles. The molecule has 3 N–H and O–H groups in total. The van der Waals surface area contributed by atoms with Gasteiger partial charge < -0.3 is 16.4 Å². The van der Waals surface area contributed by atoms with Crippen LogP contribution >= 0.6 is 0 Å². The molecule has 0 atom stereocenters. The average Bonchev–Trinajstić information content (AvgIpc) is 0. The zero-order valence-electron chi connectivity index (χ0n) is 1.62. The van der Waals surface area contributed by atoms with Crippen LogP contribution in [0.25, 0.3) is 0 Å². The van der Waals surface area contributed by atoms with Crippen molar-refractivity contribution in [3.8, 4) is 0 Å². The Morgan fingerprint density at radius 3 is 0.500 bits per heavy atom. The third-order valence-electron chi connectivity index (χ3n) is 0. The summed E-state index contributed by atoms with van der Waals surface area (Å²) in [6.07, 6.45) is 0. The second-order valence-corrected chi connectivity index (χ2v) is 0. The molecule has 0 aliphatic carbocycles. The Kier molecular flexibility index (Phi) is 561. The Morgan fingerprint density at radius 2 is 0.500 bits per heavy atom. The molecule has 34 valence electrons. The molecular formula is H3O3Tm. The monoisotopic (exact) mass is 220 g/mol. The Hall–Kier alpha value is 1.11. The van der Waals surface area contributed by atoms with E-state index in [4.69, 9.17) is 0 Å². The molecule has 0 saturated heterocycles. The average molecular weight is 220 g/mol. The van der Waals surface area contributed by atoms with E-state index in [1.807, 2.05) is 0 Å². The van der Waals surface area contributed by atoms with Crippen molar-refractivity contribution in [1.29, 1.82) is 0 Å². The molecule has 0 unspecified atom stereocenters.